The van der Waals surface area contributed by atoms with Gasteiger partial charge in [-0.2, -0.15) is 0 Å². The highest BCUT2D eigenvalue weighted by Crippen LogP contribution is 2.14. The van der Waals surface area contributed by atoms with E-state index < -0.39 is 5.97 Å². The van der Waals surface area contributed by atoms with Gasteiger partial charge in [-0.1, -0.05) is 13.3 Å². The van der Waals surface area contributed by atoms with Gasteiger partial charge in [0, 0.05) is 12.6 Å². The van der Waals surface area contributed by atoms with Gasteiger partial charge >= 0.3 is 5.97 Å². The summed E-state index contributed by atoms with van der Waals surface area (Å²) >= 11 is 0. The van der Waals surface area contributed by atoms with Crippen LogP contribution in [-0.4, -0.2) is 34.1 Å². The van der Waals surface area contributed by atoms with Crippen molar-refractivity contribution in [2.24, 2.45) is 0 Å². The molecule has 7 heteroatoms. The van der Waals surface area contributed by atoms with Gasteiger partial charge in [-0.25, -0.2) is 9.78 Å². The van der Waals surface area contributed by atoms with Crippen LogP contribution in [0.1, 0.15) is 49.7 Å². The first kappa shape index (κ1) is 19.6. The molecule has 0 aliphatic rings. The molecule has 1 N–H and O–H groups in total. The van der Waals surface area contributed by atoms with Crippen molar-refractivity contribution in [3.8, 4) is 0 Å². The van der Waals surface area contributed by atoms with Crippen molar-refractivity contribution >= 4 is 22.9 Å². The second-order valence-electron chi connectivity index (χ2n) is 6.28. The molecule has 0 aliphatic heterocycles. The molecule has 0 radical (unpaired) electrons. The molecule has 1 atom stereocenters. The van der Waals surface area contributed by atoms with Gasteiger partial charge in [0.1, 0.15) is 5.69 Å². The van der Waals surface area contributed by atoms with Crippen molar-refractivity contribution in [3.63, 3.8) is 0 Å². The van der Waals surface area contributed by atoms with Crippen molar-refractivity contribution in [1.82, 2.24) is 14.9 Å². The van der Waals surface area contributed by atoms with E-state index in [1.807, 2.05) is 20.8 Å². The molecule has 2 aromatic rings. The maximum absolute atomic E-state index is 12.2. The van der Waals surface area contributed by atoms with E-state index in [1.54, 1.807) is 29.7 Å². The number of aromatic nitrogens is 2. The number of amides is 1. The zero-order valence-electron chi connectivity index (χ0n) is 15.7. The zero-order valence-corrected chi connectivity index (χ0v) is 15.7. The summed E-state index contributed by atoms with van der Waals surface area (Å²) in [5.74, 6) is -0.923. The van der Waals surface area contributed by atoms with Crippen LogP contribution in [0.2, 0.25) is 0 Å². The molecule has 1 amide bonds. The van der Waals surface area contributed by atoms with E-state index in [-0.39, 0.29) is 24.1 Å². The van der Waals surface area contributed by atoms with E-state index in [0.29, 0.717) is 28.8 Å². The third kappa shape index (κ3) is 4.47. The van der Waals surface area contributed by atoms with Gasteiger partial charge in [0.2, 0.25) is 0 Å². The van der Waals surface area contributed by atoms with Crippen LogP contribution in [0.4, 0.5) is 0 Å². The first-order chi connectivity index (χ1) is 12.4. The maximum Gasteiger partial charge on any atom is 0.338 e. The Kier molecular flexibility index (Phi) is 6.49. The summed E-state index contributed by atoms with van der Waals surface area (Å²) in [5, 5.41) is 2.78. The number of rotatable bonds is 7. The Morgan fingerprint density at radius 3 is 2.69 bits per heavy atom. The average molecular weight is 359 g/mol. The lowest BCUT2D eigenvalue weighted by molar-refractivity contribution is -0.124. The van der Waals surface area contributed by atoms with E-state index in [4.69, 9.17) is 4.74 Å². The molecule has 0 saturated carbocycles. The second-order valence-corrected chi connectivity index (χ2v) is 6.28. The smallest absolute Gasteiger partial charge is 0.338 e. The van der Waals surface area contributed by atoms with Crippen molar-refractivity contribution in [3.05, 3.63) is 39.8 Å². The minimum atomic E-state index is -0.598. The van der Waals surface area contributed by atoms with Crippen LogP contribution < -0.4 is 10.9 Å². The van der Waals surface area contributed by atoms with Crippen LogP contribution >= 0.6 is 0 Å². The average Bonchev–Trinajstić information content (AvgIpc) is 2.60. The molecular weight excluding hydrogens is 334 g/mol. The molecule has 0 fully saturated rings. The van der Waals surface area contributed by atoms with Crippen LogP contribution in [-0.2, 0) is 16.1 Å². The summed E-state index contributed by atoms with van der Waals surface area (Å²) in [6, 6.07) is 4.87. The Balaban J connectivity index is 2.12. The van der Waals surface area contributed by atoms with Gasteiger partial charge < -0.3 is 14.6 Å². The molecule has 2 rings (SSSR count). The number of ether oxygens (including phenoxy) is 1. The van der Waals surface area contributed by atoms with E-state index in [9.17, 15) is 14.4 Å². The summed E-state index contributed by atoms with van der Waals surface area (Å²) in [6.07, 6.45) is 1.84. The number of nitrogens with one attached hydrogen (secondary N) is 1. The Bertz CT molecular complexity index is 873. The standard InChI is InChI=1S/C19H25N3O4/c1-5-7-12(3)20-17(23)11-26-19(25)14-8-9-16-15(10-14)21-13(4)18(24)22(16)6-2/h8-10,12H,5-7,11H2,1-4H3,(H,20,23)/t12-/m1/s1. The predicted molar refractivity (Wildman–Crippen MR) is 99.2 cm³/mol. The van der Waals surface area contributed by atoms with E-state index in [2.05, 4.69) is 10.3 Å². The number of benzene rings is 1. The molecule has 26 heavy (non-hydrogen) atoms. The summed E-state index contributed by atoms with van der Waals surface area (Å²) in [4.78, 5) is 40.4. The van der Waals surface area contributed by atoms with Crippen LogP contribution in [0, 0.1) is 6.92 Å². The topological polar surface area (TPSA) is 90.3 Å². The fourth-order valence-corrected chi connectivity index (χ4v) is 2.85. The number of hydrogen-bond acceptors (Lipinski definition) is 5. The SMILES string of the molecule is CCC[C@@H](C)NC(=O)COC(=O)c1ccc2c(c1)nc(C)c(=O)n2CC. The summed E-state index contributed by atoms with van der Waals surface area (Å²) in [6.45, 7) is 7.65. The molecule has 0 unspecified atom stereocenters. The minimum Gasteiger partial charge on any atom is -0.452 e. The first-order valence-electron chi connectivity index (χ1n) is 8.85. The Morgan fingerprint density at radius 1 is 1.31 bits per heavy atom. The fraction of sp³-hybridized carbons (Fsp3) is 0.474. The summed E-state index contributed by atoms with van der Waals surface area (Å²) < 4.78 is 6.69. The number of carbonyl (C=O) groups excluding carboxylic acids is 2. The molecule has 1 aromatic heterocycles. The summed E-state index contributed by atoms with van der Waals surface area (Å²) in [5.41, 5.74) is 1.72. The highest BCUT2D eigenvalue weighted by atomic mass is 16.5. The van der Waals surface area contributed by atoms with Gasteiger partial charge in [-0.3, -0.25) is 9.59 Å². The molecule has 7 nitrogen and oxygen atoms in total. The van der Waals surface area contributed by atoms with Crippen LogP contribution in [0.25, 0.3) is 11.0 Å². The van der Waals surface area contributed by atoms with Crippen LogP contribution in [0.15, 0.2) is 23.0 Å². The lowest BCUT2D eigenvalue weighted by Crippen LogP contribution is -2.35. The van der Waals surface area contributed by atoms with Gasteiger partial charge in [-0.15, -0.1) is 0 Å². The highest BCUT2D eigenvalue weighted by molar-refractivity contribution is 5.94. The minimum absolute atomic E-state index is 0.0461. The second kappa shape index (κ2) is 8.60. The zero-order chi connectivity index (χ0) is 19.3. The molecule has 140 valence electrons. The quantitative estimate of drug-likeness (QED) is 0.765. The van der Waals surface area contributed by atoms with Crippen molar-refractivity contribution in [1.29, 1.82) is 0 Å². The Labute approximate surface area is 152 Å². The van der Waals surface area contributed by atoms with E-state index >= 15 is 0 Å². The third-order valence-corrected chi connectivity index (χ3v) is 4.12. The maximum atomic E-state index is 12.2. The van der Waals surface area contributed by atoms with Crippen molar-refractivity contribution in [2.45, 2.75) is 53.1 Å². The fourth-order valence-electron chi connectivity index (χ4n) is 2.85. The molecule has 1 aromatic carbocycles. The molecule has 1 heterocycles. The number of nitrogens with zero attached hydrogens (tertiary/aromatic N) is 2. The van der Waals surface area contributed by atoms with E-state index in [1.165, 1.54) is 0 Å². The molecule has 0 aliphatic carbocycles. The number of hydrogen-bond donors (Lipinski definition) is 1. The Morgan fingerprint density at radius 2 is 2.04 bits per heavy atom. The number of fused-ring (bicyclic) bond motifs is 1. The van der Waals surface area contributed by atoms with E-state index in [0.717, 1.165) is 12.8 Å². The number of carbonyl (C=O) groups is 2. The van der Waals surface area contributed by atoms with Gasteiger partial charge in [0.25, 0.3) is 11.5 Å². The Hall–Kier alpha value is -2.70. The van der Waals surface area contributed by atoms with Gasteiger partial charge in [0.15, 0.2) is 6.61 Å². The van der Waals surface area contributed by atoms with Crippen LogP contribution in [0.3, 0.4) is 0 Å². The summed E-state index contributed by atoms with van der Waals surface area (Å²) in [7, 11) is 0. The number of esters is 1. The number of aryl methyl sites for hydroxylation is 2. The lowest BCUT2D eigenvalue weighted by Gasteiger charge is -2.13. The highest BCUT2D eigenvalue weighted by Gasteiger charge is 2.14. The van der Waals surface area contributed by atoms with Crippen molar-refractivity contribution in [2.75, 3.05) is 6.61 Å². The monoisotopic (exact) mass is 359 g/mol. The molecule has 0 spiro atoms. The van der Waals surface area contributed by atoms with Gasteiger partial charge in [-0.05, 0) is 45.4 Å². The third-order valence-electron chi connectivity index (χ3n) is 4.12. The molecular formula is C19H25N3O4. The molecule has 0 bridgehead atoms. The van der Waals surface area contributed by atoms with Crippen LogP contribution in [0.5, 0.6) is 0 Å². The lowest BCUT2D eigenvalue weighted by atomic mass is 10.2. The van der Waals surface area contributed by atoms with Gasteiger partial charge in [0.05, 0.1) is 16.6 Å². The first-order valence-corrected chi connectivity index (χ1v) is 8.85. The predicted octanol–water partition coefficient (Wildman–Crippen LogP) is 2.19. The van der Waals surface area contributed by atoms with Crippen molar-refractivity contribution < 1.29 is 14.3 Å². The normalized spacial score (nSPS) is 12.0. The largest absolute Gasteiger partial charge is 0.452 e. The molecule has 0 saturated heterocycles.